The van der Waals surface area contributed by atoms with Crippen LogP contribution in [0, 0.1) is 11.3 Å². The van der Waals surface area contributed by atoms with Crippen molar-refractivity contribution in [2.45, 2.75) is 50.6 Å². The molecule has 23 heavy (non-hydrogen) atoms. The maximum atomic E-state index is 11.4. The Bertz CT molecular complexity index is 777. The topological polar surface area (TPSA) is 85.8 Å². The van der Waals surface area contributed by atoms with Crippen LogP contribution in [0.4, 0.5) is 0 Å². The van der Waals surface area contributed by atoms with Crippen molar-refractivity contribution < 1.29 is 9.90 Å². The van der Waals surface area contributed by atoms with Gasteiger partial charge in [0.25, 0.3) is 0 Å². The Kier molecular flexibility index (Phi) is 2.56. The van der Waals surface area contributed by atoms with Crippen LogP contribution in [0.3, 0.4) is 0 Å². The number of carboxylic acids is 1. The molecular weight excluding hydrogens is 294 g/mol. The van der Waals surface area contributed by atoms with E-state index >= 15 is 0 Å². The molecule has 0 aromatic carbocycles. The van der Waals surface area contributed by atoms with E-state index in [1.807, 2.05) is 27.8 Å². The van der Waals surface area contributed by atoms with Gasteiger partial charge in [-0.25, -0.2) is 4.68 Å². The van der Waals surface area contributed by atoms with Crippen LogP contribution in [0.2, 0.25) is 0 Å². The number of rotatable bonds is 4. The monoisotopic (exact) mass is 313 g/mol. The Hall–Kier alpha value is -2.18. The lowest BCUT2D eigenvalue weighted by Gasteiger charge is -2.25. The van der Waals surface area contributed by atoms with E-state index < -0.39 is 11.4 Å². The molecule has 2 heterocycles. The predicted octanol–water partition coefficient (Wildman–Crippen LogP) is 2.29. The summed E-state index contributed by atoms with van der Waals surface area (Å²) in [6.45, 7) is 0. The van der Waals surface area contributed by atoms with Crippen molar-refractivity contribution in [2.75, 3.05) is 0 Å². The molecule has 0 amide bonds. The number of fused-ring (bicyclic) bond motifs is 1. The molecule has 3 atom stereocenters. The van der Waals surface area contributed by atoms with Gasteiger partial charge >= 0.3 is 5.97 Å². The zero-order valence-electron chi connectivity index (χ0n) is 12.8. The molecule has 120 valence electrons. The van der Waals surface area contributed by atoms with Gasteiger partial charge in [-0.3, -0.25) is 9.48 Å². The second-order valence-corrected chi connectivity index (χ2v) is 7.23. The fourth-order valence-electron chi connectivity index (χ4n) is 4.29. The minimum absolute atomic E-state index is 0.168. The largest absolute Gasteiger partial charge is 0.481 e. The lowest BCUT2D eigenvalue weighted by Crippen LogP contribution is -2.17. The van der Waals surface area contributed by atoms with Crippen LogP contribution in [-0.2, 0) is 4.79 Å². The third-order valence-corrected chi connectivity index (χ3v) is 6.08. The first-order chi connectivity index (χ1) is 11.2. The molecule has 3 aliphatic rings. The van der Waals surface area contributed by atoms with Crippen molar-refractivity contribution in [3.63, 3.8) is 0 Å². The van der Waals surface area contributed by atoms with Crippen LogP contribution < -0.4 is 0 Å². The number of carboxylic acid groups (broad SMARTS) is 1. The van der Waals surface area contributed by atoms with Gasteiger partial charge in [0, 0.05) is 6.20 Å². The number of nitrogens with zero attached hydrogens (tertiary/aromatic N) is 5. The van der Waals surface area contributed by atoms with Crippen LogP contribution in [0.5, 0.6) is 0 Å². The van der Waals surface area contributed by atoms with Crippen LogP contribution in [0.1, 0.15) is 50.6 Å². The summed E-state index contributed by atoms with van der Waals surface area (Å²) < 4.78 is 3.89. The van der Waals surface area contributed by atoms with Crippen molar-refractivity contribution in [3.05, 3.63) is 18.5 Å². The maximum Gasteiger partial charge on any atom is 0.310 e. The van der Waals surface area contributed by atoms with Crippen LogP contribution in [0.25, 0.3) is 11.4 Å². The zero-order valence-corrected chi connectivity index (χ0v) is 12.8. The third kappa shape index (κ3) is 1.82. The third-order valence-electron chi connectivity index (χ3n) is 6.08. The first-order valence-electron chi connectivity index (χ1n) is 8.38. The summed E-state index contributed by atoms with van der Waals surface area (Å²) >= 11 is 0. The first-order valence-corrected chi connectivity index (χ1v) is 8.38. The van der Waals surface area contributed by atoms with E-state index in [1.165, 1.54) is 19.3 Å². The second-order valence-electron chi connectivity index (χ2n) is 7.23. The molecule has 2 aromatic rings. The Labute approximate surface area is 133 Å². The fourth-order valence-corrected chi connectivity index (χ4v) is 4.29. The number of aliphatic carboxylic acids is 1. The van der Waals surface area contributed by atoms with Gasteiger partial charge < -0.3 is 5.11 Å². The zero-order chi connectivity index (χ0) is 15.6. The summed E-state index contributed by atoms with van der Waals surface area (Å²) in [6, 6.07) is 2.69. The van der Waals surface area contributed by atoms with Crippen molar-refractivity contribution in [1.82, 2.24) is 24.8 Å². The van der Waals surface area contributed by atoms with E-state index in [4.69, 9.17) is 0 Å². The summed E-state index contributed by atoms with van der Waals surface area (Å²) in [6.07, 6.45) is 10.0. The van der Waals surface area contributed by atoms with Gasteiger partial charge in [-0.2, -0.15) is 5.10 Å². The first kappa shape index (κ1) is 13.3. The molecule has 3 saturated carbocycles. The summed E-state index contributed by atoms with van der Waals surface area (Å²) in [5.41, 5.74) is 1.14. The highest BCUT2D eigenvalue weighted by Gasteiger charge is 2.67. The lowest BCUT2D eigenvalue weighted by molar-refractivity contribution is -0.143. The van der Waals surface area contributed by atoms with Gasteiger partial charge in [0.05, 0.1) is 23.7 Å². The van der Waals surface area contributed by atoms with Crippen molar-refractivity contribution in [1.29, 1.82) is 0 Å². The Morgan fingerprint density at radius 2 is 2.13 bits per heavy atom. The molecule has 2 aromatic heterocycles. The van der Waals surface area contributed by atoms with Gasteiger partial charge in [-0.1, -0.05) is 5.21 Å². The lowest BCUT2D eigenvalue weighted by atomic mass is 9.93. The van der Waals surface area contributed by atoms with Crippen LogP contribution >= 0.6 is 0 Å². The summed E-state index contributed by atoms with van der Waals surface area (Å²) in [5, 5.41) is 22.5. The predicted molar refractivity (Wildman–Crippen MR) is 80.6 cm³/mol. The fraction of sp³-hybridized carbons (Fsp3) is 0.625. The number of hydrogen-bond acceptors (Lipinski definition) is 4. The van der Waals surface area contributed by atoms with E-state index in [0.717, 1.165) is 30.7 Å². The molecule has 3 fully saturated rings. The Morgan fingerprint density at radius 1 is 1.26 bits per heavy atom. The van der Waals surface area contributed by atoms with E-state index in [2.05, 4.69) is 15.4 Å². The minimum atomic E-state index is -0.649. The summed E-state index contributed by atoms with van der Waals surface area (Å²) in [7, 11) is 0. The molecular formula is C16H19N5O2. The average molecular weight is 313 g/mol. The SMILES string of the molecule is O=C(O)[C@@]12CC[C@@H](n3cc(-c4ccn(C5CCC5)n4)nn3)[C@@H]1C2. The van der Waals surface area contributed by atoms with E-state index in [9.17, 15) is 9.90 Å². The highest BCUT2D eigenvalue weighted by Crippen LogP contribution is 2.67. The average Bonchev–Trinajstić information content (AvgIpc) is 2.91. The number of aromatic nitrogens is 5. The van der Waals surface area contributed by atoms with Crippen LogP contribution in [-0.4, -0.2) is 35.9 Å². The highest BCUT2D eigenvalue weighted by atomic mass is 16.4. The quantitative estimate of drug-likeness (QED) is 0.936. The second kappa shape index (κ2) is 4.43. The molecule has 0 bridgehead atoms. The maximum absolute atomic E-state index is 11.4. The van der Waals surface area contributed by atoms with E-state index in [-0.39, 0.29) is 12.0 Å². The van der Waals surface area contributed by atoms with Crippen molar-refractivity contribution >= 4 is 5.97 Å². The molecule has 7 nitrogen and oxygen atoms in total. The molecule has 5 rings (SSSR count). The Balaban J connectivity index is 1.37. The van der Waals surface area contributed by atoms with Crippen molar-refractivity contribution in [2.24, 2.45) is 11.3 Å². The molecule has 0 radical (unpaired) electrons. The molecule has 0 aliphatic heterocycles. The molecule has 0 unspecified atom stereocenters. The van der Waals surface area contributed by atoms with Gasteiger partial charge in [0.2, 0.25) is 0 Å². The summed E-state index contributed by atoms with van der Waals surface area (Å²) in [5.74, 6) is -0.438. The highest BCUT2D eigenvalue weighted by molar-refractivity contribution is 5.79. The van der Waals surface area contributed by atoms with E-state index in [0.29, 0.717) is 6.04 Å². The number of carbonyl (C=O) groups is 1. The molecule has 0 saturated heterocycles. The molecule has 0 spiro atoms. The standard InChI is InChI=1S/C16H19N5O2/c22-15(23)16-6-4-14(11(16)8-16)21-9-13(17-19-21)12-5-7-20(18-12)10-2-1-3-10/h5,7,9-11,14H,1-4,6,8H2,(H,22,23)/t11-,14+,16+/m0/s1. The smallest absolute Gasteiger partial charge is 0.310 e. The number of hydrogen-bond donors (Lipinski definition) is 1. The minimum Gasteiger partial charge on any atom is -0.481 e. The van der Waals surface area contributed by atoms with E-state index in [1.54, 1.807) is 0 Å². The molecule has 3 aliphatic carbocycles. The molecule has 7 heteroatoms. The van der Waals surface area contributed by atoms with Crippen molar-refractivity contribution in [3.8, 4) is 11.4 Å². The van der Waals surface area contributed by atoms with Gasteiger partial charge in [0.1, 0.15) is 11.4 Å². The normalized spacial score (nSPS) is 32.5. The van der Waals surface area contributed by atoms with Crippen LogP contribution in [0.15, 0.2) is 18.5 Å². The summed E-state index contributed by atoms with van der Waals surface area (Å²) in [4.78, 5) is 11.4. The van der Waals surface area contributed by atoms with Gasteiger partial charge in [0.15, 0.2) is 0 Å². The Morgan fingerprint density at radius 3 is 2.78 bits per heavy atom. The van der Waals surface area contributed by atoms with Gasteiger partial charge in [-0.15, -0.1) is 5.10 Å². The van der Waals surface area contributed by atoms with Gasteiger partial charge in [-0.05, 0) is 50.5 Å². The molecule has 1 N–H and O–H groups in total.